The maximum atomic E-state index is 13.3. The molecule has 0 radical (unpaired) electrons. The van der Waals surface area contributed by atoms with Crippen LogP contribution < -0.4 is 0 Å². The van der Waals surface area contributed by atoms with E-state index in [1.54, 1.807) is 0 Å². The summed E-state index contributed by atoms with van der Waals surface area (Å²) in [5.41, 5.74) is 0.107. The molecule has 0 spiro atoms. The molecule has 0 aromatic heterocycles. The van der Waals surface area contributed by atoms with Crippen molar-refractivity contribution >= 4 is 21.9 Å². The van der Waals surface area contributed by atoms with E-state index in [1.807, 2.05) is 0 Å². The first-order chi connectivity index (χ1) is 6.97. The molecule has 15 heavy (non-hydrogen) atoms. The van der Waals surface area contributed by atoms with Gasteiger partial charge in [0, 0.05) is 11.6 Å². The fourth-order valence-corrected chi connectivity index (χ4v) is 1.53. The van der Waals surface area contributed by atoms with Gasteiger partial charge in [0.05, 0.1) is 17.5 Å². The zero-order chi connectivity index (χ0) is 11.6. The second kappa shape index (κ2) is 4.70. The van der Waals surface area contributed by atoms with Crippen molar-refractivity contribution in [3.63, 3.8) is 0 Å². The van der Waals surface area contributed by atoms with Crippen LogP contribution in [0, 0.1) is 11.6 Å². The van der Waals surface area contributed by atoms with Crippen molar-refractivity contribution in [1.29, 1.82) is 0 Å². The predicted molar refractivity (Wildman–Crippen MR) is 54.5 cm³/mol. The summed E-state index contributed by atoms with van der Waals surface area (Å²) in [4.78, 5) is 11.2. The first-order valence-corrected chi connectivity index (χ1v) is 4.99. The molecule has 1 atom stereocenters. The number of ether oxygens (including phenoxy) is 1. The van der Waals surface area contributed by atoms with Gasteiger partial charge in [0.25, 0.3) is 0 Å². The SMILES string of the molecule is COC(=O)C(C)c1cc(Br)c(F)cc1F. The Morgan fingerprint density at radius 3 is 2.53 bits per heavy atom. The molecular weight excluding hydrogens is 270 g/mol. The van der Waals surface area contributed by atoms with Gasteiger partial charge in [-0.15, -0.1) is 0 Å². The Balaban J connectivity index is 3.14. The van der Waals surface area contributed by atoms with Gasteiger partial charge in [0.15, 0.2) is 0 Å². The van der Waals surface area contributed by atoms with Gasteiger partial charge in [-0.05, 0) is 28.9 Å². The van der Waals surface area contributed by atoms with E-state index in [0.29, 0.717) is 0 Å². The normalized spacial score (nSPS) is 12.3. The van der Waals surface area contributed by atoms with E-state index in [1.165, 1.54) is 20.1 Å². The third-order valence-corrected chi connectivity index (χ3v) is 2.67. The number of halogens is 3. The van der Waals surface area contributed by atoms with Gasteiger partial charge in [0.1, 0.15) is 11.6 Å². The van der Waals surface area contributed by atoms with Crippen LogP contribution in [-0.2, 0) is 9.53 Å². The van der Waals surface area contributed by atoms with Gasteiger partial charge in [-0.25, -0.2) is 8.78 Å². The van der Waals surface area contributed by atoms with E-state index in [-0.39, 0.29) is 10.0 Å². The molecule has 0 aliphatic heterocycles. The number of carbonyl (C=O) groups excluding carboxylic acids is 1. The van der Waals surface area contributed by atoms with E-state index in [2.05, 4.69) is 20.7 Å². The van der Waals surface area contributed by atoms with Gasteiger partial charge < -0.3 is 4.74 Å². The van der Waals surface area contributed by atoms with Gasteiger partial charge in [-0.2, -0.15) is 0 Å². The smallest absolute Gasteiger partial charge is 0.312 e. The third-order valence-electron chi connectivity index (χ3n) is 2.06. The minimum absolute atomic E-state index is 0.107. The lowest BCUT2D eigenvalue weighted by molar-refractivity contribution is -0.142. The molecule has 5 heteroatoms. The van der Waals surface area contributed by atoms with Gasteiger partial charge in [-0.1, -0.05) is 0 Å². The number of carbonyl (C=O) groups is 1. The fourth-order valence-electron chi connectivity index (χ4n) is 1.17. The highest BCUT2D eigenvalue weighted by Crippen LogP contribution is 2.26. The average Bonchev–Trinajstić information content (AvgIpc) is 2.21. The molecule has 0 aliphatic carbocycles. The summed E-state index contributed by atoms with van der Waals surface area (Å²) >= 11 is 2.93. The summed E-state index contributed by atoms with van der Waals surface area (Å²) < 4.78 is 30.8. The largest absolute Gasteiger partial charge is 0.469 e. The van der Waals surface area contributed by atoms with Crippen LogP contribution in [0.3, 0.4) is 0 Å². The minimum atomic E-state index is -0.758. The molecule has 0 N–H and O–H groups in total. The highest BCUT2D eigenvalue weighted by molar-refractivity contribution is 9.10. The van der Waals surface area contributed by atoms with Crippen LogP contribution in [0.2, 0.25) is 0 Å². The van der Waals surface area contributed by atoms with E-state index in [4.69, 9.17) is 0 Å². The zero-order valence-electron chi connectivity index (χ0n) is 8.18. The van der Waals surface area contributed by atoms with E-state index < -0.39 is 23.5 Å². The quantitative estimate of drug-likeness (QED) is 0.614. The number of benzene rings is 1. The van der Waals surface area contributed by atoms with Gasteiger partial charge in [0.2, 0.25) is 0 Å². The number of methoxy groups -OCH3 is 1. The molecule has 1 aromatic carbocycles. The maximum Gasteiger partial charge on any atom is 0.312 e. The molecule has 0 saturated heterocycles. The highest BCUT2D eigenvalue weighted by Gasteiger charge is 2.20. The number of hydrogen-bond acceptors (Lipinski definition) is 2. The van der Waals surface area contributed by atoms with Crippen LogP contribution in [0.1, 0.15) is 18.4 Å². The summed E-state index contributed by atoms with van der Waals surface area (Å²) in [6.07, 6.45) is 0. The molecule has 2 nitrogen and oxygen atoms in total. The standard InChI is InChI=1S/C10H9BrF2O2/c1-5(10(14)15-2)6-3-7(11)9(13)4-8(6)12/h3-5H,1-2H3. The van der Waals surface area contributed by atoms with E-state index in [9.17, 15) is 13.6 Å². The van der Waals surface area contributed by atoms with Crippen molar-refractivity contribution < 1.29 is 18.3 Å². The Bertz CT molecular complexity index is 393. The van der Waals surface area contributed by atoms with Crippen molar-refractivity contribution in [2.75, 3.05) is 7.11 Å². The van der Waals surface area contributed by atoms with E-state index in [0.717, 1.165) is 6.07 Å². The summed E-state index contributed by atoms with van der Waals surface area (Å²) in [5.74, 6) is -2.78. The molecule has 1 aromatic rings. The Morgan fingerprint density at radius 2 is 2.00 bits per heavy atom. The first kappa shape index (κ1) is 12.1. The minimum Gasteiger partial charge on any atom is -0.469 e. The lowest BCUT2D eigenvalue weighted by atomic mass is 10.0. The van der Waals surface area contributed by atoms with Crippen molar-refractivity contribution in [1.82, 2.24) is 0 Å². The van der Waals surface area contributed by atoms with E-state index >= 15 is 0 Å². The molecule has 82 valence electrons. The van der Waals surface area contributed by atoms with Crippen molar-refractivity contribution in [3.8, 4) is 0 Å². The first-order valence-electron chi connectivity index (χ1n) is 4.19. The fraction of sp³-hybridized carbons (Fsp3) is 0.300. The summed E-state index contributed by atoms with van der Waals surface area (Å²) in [6, 6.07) is 1.98. The second-order valence-corrected chi connectivity index (χ2v) is 3.89. The highest BCUT2D eigenvalue weighted by atomic mass is 79.9. The molecular formula is C10H9BrF2O2. The summed E-state index contributed by atoms with van der Waals surface area (Å²) in [5, 5.41) is 0. The van der Waals surface area contributed by atoms with Gasteiger partial charge in [-0.3, -0.25) is 4.79 Å². The lowest BCUT2D eigenvalue weighted by Crippen LogP contribution is -2.12. The van der Waals surface area contributed by atoms with Crippen LogP contribution in [-0.4, -0.2) is 13.1 Å². The monoisotopic (exact) mass is 278 g/mol. The molecule has 0 aliphatic rings. The molecule has 1 rings (SSSR count). The summed E-state index contributed by atoms with van der Waals surface area (Å²) in [7, 11) is 1.22. The van der Waals surface area contributed by atoms with Crippen molar-refractivity contribution in [3.05, 3.63) is 33.8 Å². The van der Waals surface area contributed by atoms with Crippen LogP contribution in [0.4, 0.5) is 8.78 Å². The predicted octanol–water partition coefficient (Wildman–Crippen LogP) is 3.00. The third kappa shape index (κ3) is 2.53. The molecule has 0 saturated carbocycles. The van der Waals surface area contributed by atoms with Crippen molar-refractivity contribution in [2.45, 2.75) is 12.8 Å². The Morgan fingerprint density at radius 1 is 1.40 bits per heavy atom. The topological polar surface area (TPSA) is 26.3 Å². The lowest BCUT2D eigenvalue weighted by Gasteiger charge is -2.11. The molecule has 1 unspecified atom stereocenters. The van der Waals surface area contributed by atoms with Crippen LogP contribution >= 0.6 is 15.9 Å². The number of hydrogen-bond donors (Lipinski definition) is 0. The summed E-state index contributed by atoms with van der Waals surface area (Å²) in [6.45, 7) is 1.49. The molecule has 0 bridgehead atoms. The van der Waals surface area contributed by atoms with Crippen LogP contribution in [0.15, 0.2) is 16.6 Å². The Hall–Kier alpha value is -0.970. The number of esters is 1. The molecule has 0 fully saturated rings. The van der Waals surface area contributed by atoms with Crippen LogP contribution in [0.5, 0.6) is 0 Å². The Labute approximate surface area is 94.4 Å². The maximum absolute atomic E-state index is 13.3. The van der Waals surface area contributed by atoms with Crippen LogP contribution in [0.25, 0.3) is 0 Å². The van der Waals surface area contributed by atoms with Gasteiger partial charge >= 0.3 is 5.97 Å². The molecule has 0 heterocycles. The average molecular weight is 279 g/mol. The van der Waals surface area contributed by atoms with Crippen molar-refractivity contribution in [2.24, 2.45) is 0 Å². The molecule has 0 amide bonds. The zero-order valence-corrected chi connectivity index (χ0v) is 9.77. The Kier molecular flexibility index (Phi) is 3.79. The number of rotatable bonds is 2. The second-order valence-electron chi connectivity index (χ2n) is 3.03.